The van der Waals surface area contributed by atoms with E-state index in [4.69, 9.17) is 11.6 Å². The lowest BCUT2D eigenvalue weighted by Crippen LogP contribution is -2.59. The first kappa shape index (κ1) is 11.4. The number of rotatable bonds is 1. The van der Waals surface area contributed by atoms with Crippen LogP contribution in [0.5, 0.6) is 0 Å². The maximum atomic E-state index is 11.8. The standard InChI is InChI=1S/C12H15ClN2O/c1-12(2)7-14-11(16)10(15-12)8-4-3-5-9(13)6-8/h3-6,10,15H,7H2,1-2H3,(H,14,16). The third kappa shape index (κ3) is 2.36. The van der Waals surface area contributed by atoms with Crippen molar-refractivity contribution in [1.29, 1.82) is 0 Å². The Bertz CT molecular complexity index is 417. The van der Waals surface area contributed by atoms with E-state index in [9.17, 15) is 4.79 Å². The molecule has 0 aromatic heterocycles. The SMILES string of the molecule is CC1(C)CNC(=O)C(c2cccc(Cl)c2)N1. The molecule has 3 nitrogen and oxygen atoms in total. The lowest BCUT2D eigenvalue weighted by molar-refractivity contribution is -0.126. The predicted octanol–water partition coefficient (Wildman–Crippen LogP) is 1.88. The van der Waals surface area contributed by atoms with Gasteiger partial charge in [-0.3, -0.25) is 10.1 Å². The van der Waals surface area contributed by atoms with Crippen molar-refractivity contribution in [2.45, 2.75) is 25.4 Å². The van der Waals surface area contributed by atoms with Crippen LogP contribution in [0.1, 0.15) is 25.5 Å². The third-order valence-corrected chi connectivity index (χ3v) is 2.92. The van der Waals surface area contributed by atoms with Crippen LogP contribution < -0.4 is 10.6 Å². The Hall–Kier alpha value is -1.06. The van der Waals surface area contributed by atoms with Crippen LogP contribution in [0.25, 0.3) is 0 Å². The molecule has 1 fully saturated rings. The smallest absolute Gasteiger partial charge is 0.241 e. The van der Waals surface area contributed by atoms with Gasteiger partial charge in [-0.25, -0.2) is 0 Å². The second kappa shape index (κ2) is 4.07. The zero-order chi connectivity index (χ0) is 11.8. The highest BCUT2D eigenvalue weighted by Crippen LogP contribution is 2.22. The lowest BCUT2D eigenvalue weighted by Gasteiger charge is -2.37. The largest absolute Gasteiger partial charge is 0.353 e. The average Bonchev–Trinajstić information content (AvgIpc) is 2.22. The van der Waals surface area contributed by atoms with E-state index >= 15 is 0 Å². The van der Waals surface area contributed by atoms with E-state index in [1.54, 1.807) is 6.07 Å². The molecule has 1 aliphatic rings. The molecule has 16 heavy (non-hydrogen) atoms. The summed E-state index contributed by atoms with van der Waals surface area (Å²) >= 11 is 5.92. The number of halogens is 1. The first-order chi connectivity index (χ1) is 7.48. The zero-order valence-corrected chi connectivity index (χ0v) is 10.1. The molecule has 1 amide bonds. The third-order valence-electron chi connectivity index (χ3n) is 2.68. The summed E-state index contributed by atoms with van der Waals surface area (Å²) in [6.45, 7) is 4.76. The van der Waals surface area contributed by atoms with Gasteiger partial charge in [0, 0.05) is 17.1 Å². The van der Waals surface area contributed by atoms with E-state index in [-0.39, 0.29) is 17.5 Å². The van der Waals surface area contributed by atoms with E-state index in [1.165, 1.54) is 0 Å². The monoisotopic (exact) mass is 238 g/mol. The van der Waals surface area contributed by atoms with E-state index < -0.39 is 0 Å². The number of amides is 1. The number of piperazine rings is 1. The van der Waals surface area contributed by atoms with Crippen molar-refractivity contribution in [3.63, 3.8) is 0 Å². The molecule has 0 aliphatic carbocycles. The highest BCUT2D eigenvalue weighted by atomic mass is 35.5. The van der Waals surface area contributed by atoms with E-state index in [2.05, 4.69) is 24.5 Å². The Balaban J connectivity index is 2.28. The van der Waals surface area contributed by atoms with Gasteiger partial charge in [-0.05, 0) is 31.5 Å². The van der Waals surface area contributed by atoms with Gasteiger partial charge in [-0.15, -0.1) is 0 Å². The Kier molecular flexibility index (Phi) is 2.91. The van der Waals surface area contributed by atoms with Gasteiger partial charge in [0.2, 0.25) is 5.91 Å². The van der Waals surface area contributed by atoms with Crippen LogP contribution in [0, 0.1) is 0 Å². The lowest BCUT2D eigenvalue weighted by atomic mass is 9.96. The van der Waals surface area contributed by atoms with E-state index in [1.807, 2.05) is 18.2 Å². The molecule has 0 spiro atoms. The van der Waals surface area contributed by atoms with Crippen LogP contribution in [0.2, 0.25) is 5.02 Å². The van der Waals surface area contributed by atoms with Crippen LogP contribution in [0.3, 0.4) is 0 Å². The number of hydrogen-bond donors (Lipinski definition) is 2. The number of nitrogens with one attached hydrogen (secondary N) is 2. The maximum absolute atomic E-state index is 11.8. The van der Waals surface area contributed by atoms with Gasteiger partial charge < -0.3 is 5.32 Å². The molecule has 1 unspecified atom stereocenters. The van der Waals surface area contributed by atoms with Gasteiger partial charge in [0.25, 0.3) is 0 Å². The first-order valence-electron chi connectivity index (χ1n) is 5.29. The molecule has 1 aromatic carbocycles. The first-order valence-corrected chi connectivity index (χ1v) is 5.67. The molecule has 1 atom stereocenters. The molecule has 1 aromatic rings. The van der Waals surface area contributed by atoms with Gasteiger partial charge in [0.05, 0.1) is 0 Å². The molecule has 0 bridgehead atoms. The van der Waals surface area contributed by atoms with E-state index in [0.717, 1.165) is 5.56 Å². The van der Waals surface area contributed by atoms with Gasteiger partial charge in [0.15, 0.2) is 0 Å². The zero-order valence-electron chi connectivity index (χ0n) is 9.38. The van der Waals surface area contributed by atoms with Gasteiger partial charge in [0.1, 0.15) is 6.04 Å². The summed E-state index contributed by atoms with van der Waals surface area (Å²) in [6.07, 6.45) is 0. The quantitative estimate of drug-likeness (QED) is 0.785. The summed E-state index contributed by atoms with van der Waals surface area (Å²) in [6, 6.07) is 7.07. The summed E-state index contributed by atoms with van der Waals surface area (Å²) in [5.41, 5.74) is 0.804. The topological polar surface area (TPSA) is 41.1 Å². The highest BCUT2D eigenvalue weighted by Gasteiger charge is 2.33. The minimum atomic E-state index is -0.317. The molecular formula is C12H15ClN2O. The van der Waals surface area contributed by atoms with E-state index in [0.29, 0.717) is 11.6 Å². The summed E-state index contributed by atoms with van der Waals surface area (Å²) in [5, 5.41) is 6.86. The summed E-state index contributed by atoms with van der Waals surface area (Å²) in [4.78, 5) is 11.8. The number of carbonyl (C=O) groups is 1. The van der Waals surface area contributed by atoms with Crippen molar-refractivity contribution < 1.29 is 4.79 Å². The molecule has 0 radical (unpaired) electrons. The van der Waals surface area contributed by atoms with Crippen LogP contribution in [0.4, 0.5) is 0 Å². The molecule has 4 heteroatoms. The number of hydrogen-bond acceptors (Lipinski definition) is 2. The van der Waals surface area contributed by atoms with Gasteiger partial charge in [-0.1, -0.05) is 23.7 Å². The Labute approximate surface area is 100 Å². The van der Waals surface area contributed by atoms with Gasteiger partial charge in [-0.2, -0.15) is 0 Å². The Morgan fingerprint density at radius 3 is 2.88 bits per heavy atom. The molecule has 1 aliphatic heterocycles. The fourth-order valence-electron chi connectivity index (χ4n) is 1.84. The fraction of sp³-hybridized carbons (Fsp3) is 0.417. The van der Waals surface area contributed by atoms with Crippen LogP contribution in [-0.2, 0) is 4.79 Å². The molecule has 1 saturated heterocycles. The molecule has 86 valence electrons. The predicted molar refractivity (Wildman–Crippen MR) is 64.4 cm³/mol. The minimum absolute atomic E-state index is 0.00147. The highest BCUT2D eigenvalue weighted by molar-refractivity contribution is 6.30. The molecule has 1 heterocycles. The van der Waals surface area contributed by atoms with Crippen LogP contribution in [0.15, 0.2) is 24.3 Å². The average molecular weight is 239 g/mol. The van der Waals surface area contributed by atoms with Crippen LogP contribution >= 0.6 is 11.6 Å². The summed E-state index contributed by atoms with van der Waals surface area (Å²) in [7, 11) is 0. The number of carbonyl (C=O) groups excluding carboxylic acids is 1. The van der Waals surface area contributed by atoms with Crippen molar-refractivity contribution in [1.82, 2.24) is 10.6 Å². The van der Waals surface area contributed by atoms with Crippen molar-refractivity contribution in [3.05, 3.63) is 34.9 Å². The fourth-order valence-corrected chi connectivity index (χ4v) is 2.04. The molecule has 2 rings (SSSR count). The Morgan fingerprint density at radius 1 is 1.44 bits per heavy atom. The summed E-state index contributed by atoms with van der Waals surface area (Å²) in [5.74, 6) is 0.00147. The van der Waals surface area contributed by atoms with Crippen LogP contribution in [-0.4, -0.2) is 18.0 Å². The maximum Gasteiger partial charge on any atom is 0.241 e. The molecular weight excluding hydrogens is 224 g/mol. The van der Waals surface area contributed by atoms with Gasteiger partial charge >= 0.3 is 0 Å². The van der Waals surface area contributed by atoms with Crippen molar-refractivity contribution in [3.8, 4) is 0 Å². The normalized spacial score (nSPS) is 23.9. The minimum Gasteiger partial charge on any atom is -0.353 e. The summed E-state index contributed by atoms with van der Waals surface area (Å²) < 4.78 is 0. The van der Waals surface area contributed by atoms with Crippen molar-refractivity contribution in [2.24, 2.45) is 0 Å². The second-order valence-corrected chi connectivity index (χ2v) is 5.17. The molecule has 2 N–H and O–H groups in total. The number of benzene rings is 1. The molecule has 0 saturated carbocycles. The van der Waals surface area contributed by atoms with Crippen molar-refractivity contribution in [2.75, 3.05) is 6.54 Å². The Morgan fingerprint density at radius 2 is 2.19 bits per heavy atom. The van der Waals surface area contributed by atoms with Crippen molar-refractivity contribution >= 4 is 17.5 Å². The second-order valence-electron chi connectivity index (χ2n) is 4.73.